The maximum atomic E-state index is 13.6. The summed E-state index contributed by atoms with van der Waals surface area (Å²) in [6.07, 6.45) is 1.80. The van der Waals surface area contributed by atoms with Gasteiger partial charge in [-0.25, -0.2) is 0 Å². The van der Waals surface area contributed by atoms with Crippen molar-refractivity contribution in [2.75, 3.05) is 9.80 Å². The molecule has 0 spiro atoms. The summed E-state index contributed by atoms with van der Waals surface area (Å²) in [4.78, 5) is 17.7. The number of hydrogen-bond donors (Lipinski definition) is 0. The SMILES string of the molecule is C=Cc1cccc(N2C(=O)c3cccc4c(-c5ccc(N(c6ccccc6)c6ccccc6)cc5)ccc2c34)c1. The molecular weight excluding hydrogens is 488 g/mol. The predicted octanol–water partition coefficient (Wildman–Crippen LogP) is 9.91. The van der Waals surface area contributed by atoms with Crippen molar-refractivity contribution in [1.82, 2.24) is 0 Å². The molecule has 1 aliphatic heterocycles. The van der Waals surface area contributed by atoms with Gasteiger partial charge in [0.25, 0.3) is 5.91 Å². The van der Waals surface area contributed by atoms with Crippen molar-refractivity contribution in [3.63, 3.8) is 0 Å². The highest BCUT2D eigenvalue weighted by atomic mass is 16.2. The molecule has 6 aromatic carbocycles. The lowest BCUT2D eigenvalue weighted by Crippen LogP contribution is -2.20. The first-order valence-electron chi connectivity index (χ1n) is 13.4. The highest BCUT2D eigenvalue weighted by Gasteiger charge is 2.31. The standard InChI is InChI=1S/C37H26N2O/c1-2-26-11-9-16-31(25-26)39-35-24-23-32(33-17-10-18-34(36(33)35)37(39)40)27-19-21-30(22-20-27)38(28-12-5-3-6-13-28)29-14-7-4-8-15-29/h2-25H,1H2. The van der Waals surface area contributed by atoms with E-state index in [0.29, 0.717) is 0 Å². The Morgan fingerprint density at radius 3 is 1.93 bits per heavy atom. The van der Waals surface area contributed by atoms with E-state index in [9.17, 15) is 4.79 Å². The maximum Gasteiger partial charge on any atom is 0.263 e. The van der Waals surface area contributed by atoms with Crippen LogP contribution in [0.3, 0.4) is 0 Å². The Hall–Kier alpha value is -5.41. The zero-order valence-electron chi connectivity index (χ0n) is 21.9. The minimum atomic E-state index is -0.00401. The third-order valence-electron chi connectivity index (χ3n) is 7.52. The molecule has 0 atom stereocenters. The zero-order valence-corrected chi connectivity index (χ0v) is 21.9. The number of para-hydroxylation sites is 2. The lowest BCUT2D eigenvalue weighted by Gasteiger charge is -2.25. The van der Waals surface area contributed by atoms with Crippen LogP contribution in [-0.4, -0.2) is 5.91 Å². The normalized spacial score (nSPS) is 12.1. The number of amides is 1. The monoisotopic (exact) mass is 514 g/mol. The highest BCUT2D eigenvalue weighted by Crippen LogP contribution is 2.45. The molecule has 1 heterocycles. The van der Waals surface area contributed by atoms with Crippen LogP contribution in [0.5, 0.6) is 0 Å². The number of anilines is 5. The van der Waals surface area contributed by atoms with Crippen molar-refractivity contribution < 1.29 is 4.79 Å². The Balaban J connectivity index is 1.31. The van der Waals surface area contributed by atoms with Crippen molar-refractivity contribution in [2.45, 2.75) is 0 Å². The van der Waals surface area contributed by atoms with E-state index in [1.807, 2.05) is 53.4 Å². The third-order valence-corrected chi connectivity index (χ3v) is 7.52. The number of rotatable bonds is 6. The molecule has 6 aromatic rings. The van der Waals surface area contributed by atoms with Crippen LogP contribution < -0.4 is 9.80 Å². The lowest BCUT2D eigenvalue weighted by molar-refractivity contribution is 0.100. The average Bonchev–Trinajstić information content (AvgIpc) is 3.31. The van der Waals surface area contributed by atoms with Crippen LogP contribution >= 0.6 is 0 Å². The van der Waals surface area contributed by atoms with Gasteiger partial charge in [0.1, 0.15) is 0 Å². The fourth-order valence-corrected chi connectivity index (χ4v) is 5.67. The lowest BCUT2D eigenvalue weighted by atomic mass is 9.95. The molecule has 1 aliphatic rings. The van der Waals surface area contributed by atoms with Gasteiger partial charge >= 0.3 is 0 Å². The van der Waals surface area contributed by atoms with Gasteiger partial charge in [-0.1, -0.05) is 91.5 Å². The molecule has 190 valence electrons. The Morgan fingerprint density at radius 1 is 0.600 bits per heavy atom. The topological polar surface area (TPSA) is 23.6 Å². The van der Waals surface area contributed by atoms with E-state index >= 15 is 0 Å². The molecule has 0 radical (unpaired) electrons. The Labute approximate surface area is 233 Å². The van der Waals surface area contributed by atoms with Gasteiger partial charge in [0.05, 0.1) is 11.3 Å². The quantitative estimate of drug-likeness (QED) is 0.221. The van der Waals surface area contributed by atoms with Crippen molar-refractivity contribution >= 4 is 51.2 Å². The molecule has 0 saturated heterocycles. The molecule has 0 saturated carbocycles. The van der Waals surface area contributed by atoms with Crippen LogP contribution in [0.25, 0.3) is 28.0 Å². The smallest absolute Gasteiger partial charge is 0.263 e. The molecular formula is C37H26N2O. The number of hydrogen-bond acceptors (Lipinski definition) is 2. The summed E-state index contributed by atoms with van der Waals surface area (Å²) in [6.45, 7) is 3.89. The van der Waals surface area contributed by atoms with Crippen molar-refractivity contribution in [2.24, 2.45) is 0 Å². The molecule has 1 amide bonds. The van der Waals surface area contributed by atoms with E-state index < -0.39 is 0 Å². The van der Waals surface area contributed by atoms with Crippen LogP contribution in [0.15, 0.2) is 146 Å². The molecule has 7 rings (SSSR count). The van der Waals surface area contributed by atoms with Gasteiger partial charge in [0.15, 0.2) is 0 Å². The number of benzene rings is 6. The van der Waals surface area contributed by atoms with Gasteiger partial charge in [0.2, 0.25) is 0 Å². The number of nitrogens with zero attached hydrogens (tertiary/aromatic N) is 2. The van der Waals surface area contributed by atoms with Crippen molar-refractivity contribution in [1.29, 1.82) is 0 Å². The van der Waals surface area contributed by atoms with Gasteiger partial charge in [-0.2, -0.15) is 0 Å². The predicted molar refractivity (Wildman–Crippen MR) is 167 cm³/mol. The molecule has 0 bridgehead atoms. The third kappa shape index (κ3) is 3.88. The Kier molecular flexibility index (Phi) is 5.76. The largest absolute Gasteiger partial charge is 0.311 e. The molecule has 0 aromatic heterocycles. The Bertz CT molecular complexity index is 1840. The fraction of sp³-hybridized carbons (Fsp3) is 0. The van der Waals surface area contributed by atoms with E-state index in [1.165, 1.54) is 0 Å². The van der Waals surface area contributed by atoms with Gasteiger partial charge in [-0.15, -0.1) is 0 Å². The average molecular weight is 515 g/mol. The molecule has 0 fully saturated rings. The van der Waals surface area contributed by atoms with Gasteiger partial charge < -0.3 is 4.90 Å². The second-order valence-corrected chi connectivity index (χ2v) is 9.85. The molecule has 0 N–H and O–H groups in total. The molecule has 3 heteroatoms. The number of carbonyl (C=O) groups excluding carboxylic acids is 1. The summed E-state index contributed by atoms with van der Waals surface area (Å²) in [5.41, 5.74) is 8.96. The van der Waals surface area contributed by atoms with Crippen LogP contribution in [0.2, 0.25) is 0 Å². The Morgan fingerprint density at radius 2 is 1.25 bits per heavy atom. The van der Waals surface area contributed by atoms with Crippen LogP contribution in [0.4, 0.5) is 28.4 Å². The molecule has 0 aliphatic carbocycles. The first kappa shape index (κ1) is 23.7. The van der Waals surface area contributed by atoms with Gasteiger partial charge in [0, 0.05) is 28.1 Å². The maximum absolute atomic E-state index is 13.6. The van der Waals surface area contributed by atoms with Crippen LogP contribution in [0.1, 0.15) is 15.9 Å². The zero-order chi connectivity index (χ0) is 27.1. The summed E-state index contributed by atoms with van der Waals surface area (Å²) in [5, 5.41) is 2.06. The van der Waals surface area contributed by atoms with E-state index in [1.54, 1.807) is 6.08 Å². The molecule has 0 unspecified atom stereocenters. The summed E-state index contributed by atoms with van der Waals surface area (Å²) in [6, 6.07) is 47.6. The van der Waals surface area contributed by atoms with Crippen molar-refractivity contribution in [3.8, 4) is 11.1 Å². The van der Waals surface area contributed by atoms with Crippen LogP contribution in [-0.2, 0) is 0 Å². The minimum absolute atomic E-state index is 0.00401. The fourth-order valence-electron chi connectivity index (χ4n) is 5.67. The van der Waals surface area contributed by atoms with E-state index in [0.717, 1.165) is 61.5 Å². The van der Waals surface area contributed by atoms with Crippen LogP contribution in [0, 0.1) is 0 Å². The first-order valence-corrected chi connectivity index (χ1v) is 13.4. The van der Waals surface area contributed by atoms with E-state index in [4.69, 9.17) is 0 Å². The van der Waals surface area contributed by atoms with E-state index in [-0.39, 0.29) is 5.91 Å². The molecule has 40 heavy (non-hydrogen) atoms. The second-order valence-electron chi connectivity index (χ2n) is 9.85. The molecule has 3 nitrogen and oxygen atoms in total. The highest BCUT2D eigenvalue weighted by molar-refractivity contribution is 6.29. The van der Waals surface area contributed by atoms with Crippen molar-refractivity contribution in [3.05, 3.63) is 157 Å². The summed E-state index contributed by atoms with van der Waals surface area (Å²) in [7, 11) is 0. The number of carbonyl (C=O) groups is 1. The first-order chi connectivity index (χ1) is 19.7. The van der Waals surface area contributed by atoms with Gasteiger partial charge in [-0.3, -0.25) is 9.69 Å². The minimum Gasteiger partial charge on any atom is -0.311 e. The summed E-state index contributed by atoms with van der Waals surface area (Å²) < 4.78 is 0. The summed E-state index contributed by atoms with van der Waals surface area (Å²) in [5.74, 6) is -0.00401. The second kappa shape index (κ2) is 9.72. The summed E-state index contributed by atoms with van der Waals surface area (Å²) >= 11 is 0. The van der Waals surface area contributed by atoms with E-state index in [2.05, 4.69) is 102 Å². The van der Waals surface area contributed by atoms with Gasteiger partial charge in [-0.05, 0) is 82.7 Å².